The molecular formula is C15H24N2O. The van der Waals surface area contributed by atoms with Crippen molar-refractivity contribution in [2.45, 2.75) is 31.8 Å². The lowest BCUT2D eigenvalue weighted by atomic mass is 10.0. The van der Waals surface area contributed by atoms with Gasteiger partial charge in [0.25, 0.3) is 0 Å². The highest BCUT2D eigenvalue weighted by atomic mass is 16.3. The fraction of sp³-hybridized carbons (Fsp3) is 0.600. The summed E-state index contributed by atoms with van der Waals surface area (Å²) >= 11 is 0. The predicted octanol–water partition coefficient (Wildman–Crippen LogP) is 1.79. The molecule has 3 heteroatoms. The second-order valence-corrected chi connectivity index (χ2v) is 5.06. The van der Waals surface area contributed by atoms with Crippen LogP contribution in [-0.2, 0) is 0 Å². The lowest BCUT2D eigenvalue weighted by Gasteiger charge is -2.39. The molecular weight excluding hydrogens is 224 g/mol. The minimum absolute atomic E-state index is 0.248. The molecule has 0 amide bonds. The van der Waals surface area contributed by atoms with Crippen LogP contribution in [0.1, 0.15) is 31.4 Å². The van der Waals surface area contributed by atoms with E-state index in [-0.39, 0.29) is 12.6 Å². The maximum atomic E-state index is 9.44. The third kappa shape index (κ3) is 3.31. The first-order valence-electron chi connectivity index (χ1n) is 6.98. The van der Waals surface area contributed by atoms with Gasteiger partial charge in [0.1, 0.15) is 0 Å². The first-order chi connectivity index (χ1) is 8.85. The lowest BCUT2D eigenvalue weighted by Crippen LogP contribution is -2.54. The van der Waals surface area contributed by atoms with Crippen molar-refractivity contribution in [3.8, 4) is 0 Å². The number of aliphatic hydroxyl groups is 1. The van der Waals surface area contributed by atoms with E-state index in [0.717, 1.165) is 19.6 Å². The van der Waals surface area contributed by atoms with Gasteiger partial charge in [0.05, 0.1) is 6.61 Å². The maximum absolute atomic E-state index is 9.44. The third-order valence-electron chi connectivity index (χ3n) is 3.74. The van der Waals surface area contributed by atoms with Crippen molar-refractivity contribution in [3.05, 3.63) is 35.9 Å². The second-order valence-electron chi connectivity index (χ2n) is 5.06. The zero-order chi connectivity index (χ0) is 12.8. The summed E-state index contributed by atoms with van der Waals surface area (Å²) in [6, 6.07) is 11.3. The second kappa shape index (κ2) is 6.88. The Hall–Kier alpha value is -0.900. The fourth-order valence-electron chi connectivity index (χ4n) is 2.58. The minimum atomic E-state index is 0.248. The summed E-state index contributed by atoms with van der Waals surface area (Å²) in [5, 5.41) is 13.0. The predicted molar refractivity (Wildman–Crippen MR) is 74.5 cm³/mol. The monoisotopic (exact) mass is 248 g/mol. The third-order valence-corrected chi connectivity index (χ3v) is 3.74. The zero-order valence-corrected chi connectivity index (χ0v) is 11.2. The summed E-state index contributed by atoms with van der Waals surface area (Å²) < 4.78 is 0. The van der Waals surface area contributed by atoms with Crippen molar-refractivity contribution < 1.29 is 5.11 Å². The Morgan fingerprint density at radius 3 is 2.78 bits per heavy atom. The Kier molecular flexibility index (Phi) is 5.17. The Morgan fingerprint density at radius 1 is 1.33 bits per heavy atom. The van der Waals surface area contributed by atoms with Crippen LogP contribution in [0, 0.1) is 0 Å². The number of hydrogen-bond donors (Lipinski definition) is 2. The van der Waals surface area contributed by atoms with Gasteiger partial charge in [0.2, 0.25) is 0 Å². The molecule has 3 nitrogen and oxygen atoms in total. The lowest BCUT2D eigenvalue weighted by molar-refractivity contribution is 0.0794. The molecule has 2 N–H and O–H groups in total. The van der Waals surface area contributed by atoms with E-state index < -0.39 is 0 Å². The average Bonchev–Trinajstić information content (AvgIpc) is 2.45. The van der Waals surface area contributed by atoms with E-state index in [1.165, 1.54) is 18.4 Å². The topological polar surface area (TPSA) is 35.5 Å². The van der Waals surface area contributed by atoms with Crippen molar-refractivity contribution in [3.63, 3.8) is 0 Å². The molecule has 0 radical (unpaired) electrons. The summed E-state index contributed by atoms with van der Waals surface area (Å²) in [5.41, 5.74) is 1.34. The number of benzene rings is 1. The van der Waals surface area contributed by atoms with Crippen molar-refractivity contribution in [1.82, 2.24) is 10.2 Å². The molecule has 0 aromatic heterocycles. The molecule has 100 valence electrons. The highest BCUT2D eigenvalue weighted by Gasteiger charge is 2.27. The Morgan fingerprint density at radius 2 is 2.11 bits per heavy atom. The normalized spacial score (nSPS) is 25.2. The van der Waals surface area contributed by atoms with Crippen LogP contribution >= 0.6 is 0 Å². The van der Waals surface area contributed by atoms with Gasteiger partial charge in [-0.3, -0.25) is 4.90 Å². The largest absolute Gasteiger partial charge is 0.395 e. The molecule has 2 rings (SSSR count). The van der Waals surface area contributed by atoms with Crippen LogP contribution in [0.15, 0.2) is 30.3 Å². The molecule has 0 aliphatic carbocycles. The van der Waals surface area contributed by atoms with Crippen molar-refractivity contribution in [2.75, 3.05) is 26.2 Å². The van der Waals surface area contributed by atoms with Crippen molar-refractivity contribution in [1.29, 1.82) is 0 Å². The first-order valence-corrected chi connectivity index (χ1v) is 6.98. The molecule has 1 fully saturated rings. The van der Waals surface area contributed by atoms with E-state index in [4.69, 9.17) is 0 Å². The van der Waals surface area contributed by atoms with Gasteiger partial charge in [0.15, 0.2) is 0 Å². The molecule has 0 spiro atoms. The van der Waals surface area contributed by atoms with Crippen LogP contribution in [0.5, 0.6) is 0 Å². The summed E-state index contributed by atoms with van der Waals surface area (Å²) in [7, 11) is 0. The molecule has 1 aromatic carbocycles. The maximum Gasteiger partial charge on any atom is 0.0599 e. The number of aliphatic hydroxyl groups excluding tert-OH is 1. The number of unbranched alkanes of at least 4 members (excludes halogenated alkanes) is 1. The molecule has 1 saturated heterocycles. The van der Waals surface area contributed by atoms with Crippen molar-refractivity contribution >= 4 is 0 Å². The molecule has 1 aromatic rings. The van der Waals surface area contributed by atoms with Gasteiger partial charge in [-0.15, -0.1) is 0 Å². The first kappa shape index (κ1) is 13.5. The molecule has 1 heterocycles. The molecule has 18 heavy (non-hydrogen) atoms. The van der Waals surface area contributed by atoms with Gasteiger partial charge in [-0.05, 0) is 18.5 Å². The molecule has 2 atom stereocenters. The smallest absolute Gasteiger partial charge is 0.0599 e. The standard InChI is InChI=1S/C15H24N2O/c1-2-3-9-17-11-15(16-10-14(17)12-18)13-7-5-4-6-8-13/h4-8,14-16,18H,2-3,9-12H2,1H3. The summed E-state index contributed by atoms with van der Waals surface area (Å²) in [6.45, 7) is 5.42. The number of rotatable bonds is 5. The van der Waals surface area contributed by atoms with Crippen LogP contribution in [0.4, 0.5) is 0 Å². The zero-order valence-electron chi connectivity index (χ0n) is 11.2. The van der Waals surface area contributed by atoms with E-state index in [1.54, 1.807) is 0 Å². The van der Waals surface area contributed by atoms with Crippen LogP contribution in [-0.4, -0.2) is 42.3 Å². The summed E-state index contributed by atoms with van der Waals surface area (Å²) in [5.74, 6) is 0. The minimum Gasteiger partial charge on any atom is -0.395 e. The van der Waals surface area contributed by atoms with E-state index in [2.05, 4.69) is 47.5 Å². The Bertz CT molecular complexity index is 342. The van der Waals surface area contributed by atoms with Gasteiger partial charge in [0, 0.05) is 25.2 Å². The van der Waals surface area contributed by atoms with Gasteiger partial charge in [-0.2, -0.15) is 0 Å². The summed E-state index contributed by atoms with van der Waals surface area (Å²) in [4.78, 5) is 2.43. The molecule has 0 bridgehead atoms. The number of nitrogens with one attached hydrogen (secondary N) is 1. The van der Waals surface area contributed by atoms with Crippen LogP contribution in [0.25, 0.3) is 0 Å². The van der Waals surface area contributed by atoms with Gasteiger partial charge < -0.3 is 10.4 Å². The Labute approximate surface area is 110 Å². The van der Waals surface area contributed by atoms with Crippen LogP contribution in [0.2, 0.25) is 0 Å². The molecule has 2 unspecified atom stereocenters. The quantitative estimate of drug-likeness (QED) is 0.834. The summed E-state index contributed by atoms with van der Waals surface area (Å²) in [6.07, 6.45) is 2.41. The SMILES string of the molecule is CCCCN1CC(c2ccccc2)NCC1CO. The van der Waals surface area contributed by atoms with E-state index in [0.29, 0.717) is 6.04 Å². The van der Waals surface area contributed by atoms with E-state index >= 15 is 0 Å². The molecule has 1 aliphatic rings. The average molecular weight is 248 g/mol. The van der Waals surface area contributed by atoms with Gasteiger partial charge >= 0.3 is 0 Å². The fourth-order valence-corrected chi connectivity index (χ4v) is 2.58. The van der Waals surface area contributed by atoms with E-state index in [1.807, 2.05) is 0 Å². The Balaban J connectivity index is 2.00. The molecule has 0 saturated carbocycles. The number of nitrogens with zero attached hydrogens (tertiary/aromatic N) is 1. The highest BCUT2D eigenvalue weighted by molar-refractivity contribution is 5.20. The number of piperazine rings is 1. The highest BCUT2D eigenvalue weighted by Crippen LogP contribution is 2.20. The van der Waals surface area contributed by atoms with E-state index in [9.17, 15) is 5.11 Å². The van der Waals surface area contributed by atoms with Crippen LogP contribution in [0.3, 0.4) is 0 Å². The van der Waals surface area contributed by atoms with Crippen LogP contribution < -0.4 is 5.32 Å². The van der Waals surface area contributed by atoms with Crippen molar-refractivity contribution in [2.24, 2.45) is 0 Å². The molecule has 1 aliphatic heterocycles. The van der Waals surface area contributed by atoms with Gasteiger partial charge in [-0.1, -0.05) is 43.7 Å². The van der Waals surface area contributed by atoms with Gasteiger partial charge in [-0.25, -0.2) is 0 Å². The number of hydrogen-bond acceptors (Lipinski definition) is 3.